The van der Waals surface area contributed by atoms with E-state index in [9.17, 15) is 4.79 Å². The van der Waals surface area contributed by atoms with E-state index in [2.05, 4.69) is 20.2 Å². The molecule has 4 aromatic rings. The molecule has 0 saturated heterocycles. The summed E-state index contributed by atoms with van der Waals surface area (Å²) in [6.45, 7) is 0.173. The summed E-state index contributed by atoms with van der Waals surface area (Å²) in [4.78, 5) is 22.6. The number of amides is 1. The van der Waals surface area contributed by atoms with Gasteiger partial charge in [0.15, 0.2) is 0 Å². The molecule has 1 amide bonds. The molecule has 0 fully saturated rings. The third kappa shape index (κ3) is 3.84. The summed E-state index contributed by atoms with van der Waals surface area (Å²) >= 11 is 0. The molecule has 3 aromatic heterocycles. The van der Waals surface area contributed by atoms with Gasteiger partial charge in [-0.3, -0.25) is 9.78 Å². The molecule has 0 aliphatic carbocycles. The van der Waals surface area contributed by atoms with Gasteiger partial charge in [0.05, 0.1) is 25.4 Å². The van der Waals surface area contributed by atoms with Crippen LogP contribution in [-0.4, -0.2) is 49.9 Å². The topological polar surface area (TPSA) is 99.2 Å². The lowest BCUT2D eigenvalue weighted by atomic mass is 10.3. The number of methoxy groups -OCH3 is 1. The first kappa shape index (κ1) is 18.4. The number of hydrogen-bond acceptors (Lipinski definition) is 7. The van der Waals surface area contributed by atoms with Crippen molar-refractivity contribution in [3.05, 3.63) is 72.6 Å². The van der Waals surface area contributed by atoms with E-state index < -0.39 is 0 Å². The fourth-order valence-electron chi connectivity index (χ4n) is 2.81. The number of benzene rings is 1. The zero-order valence-electron chi connectivity index (χ0n) is 15.9. The maximum Gasteiger partial charge on any atom is 0.257 e. The number of para-hydroxylation sites is 2. The van der Waals surface area contributed by atoms with Crippen LogP contribution in [0, 0.1) is 0 Å². The first-order chi connectivity index (χ1) is 14.2. The number of carbonyl (C=O) groups is 1. The highest BCUT2D eigenvalue weighted by molar-refractivity contribution is 5.93. The van der Waals surface area contributed by atoms with Gasteiger partial charge in [-0.2, -0.15) is 10.1 Å². The van der Waals surface area contributed by atoms with Crippen molar-refractivity contribution in [2.75, 3.05) is 14.2 Å². The largest absolute Gasteiger partial charge is 0.494 e. The van der Waals surface area contributed by atoms with Gasteiger partial charge in [-0.15, -0.1) is 0 Å². The molecule has 29 heavy (non-hydrogen) atoms. The summed E-state index contributed by atoms with van der Waals surface area (Å²) in [5.74, 6) is 1.21. The molecule has 4 rings (SSSR count). The lowest BCUT2D eigenvalue weighted by molar-refractivity contribution is 0.0769. The minimum absolute atomic E-state index is 0.173. The standard InChI is InChI=1S/C20H18N6O3/c1-25(13-18-23-19(24-29-18)14-6-5-9-21-10-14)20(27)15-11-22-26(12-15)16-7-3-4-8-17(16)28-2/h3-12H,13H2,1-2H3. The number of carbonyl (C=O) groups excluding carboxylic acids is 1. The van der Waals surface area contributed by atoms with Crippen LogP contribution in [0.2, 0.25) is 0 Å². The maximum absolute atomic E-state index is 12.8. The third-order valence-corrected chi connectivity index (χ3v) is 4.27. The van der Waals surface area contributed by atoms with Gasteiger partial charge in [-0.25, -0.2) is 4.68 Å². The summed E-state index contributed by atoms with van der Waals surface area (Å²) in [7, 11) is 3.25. The van der Waals surface area contributed by atoms with Crippen LogP contribution < -0.4 is 4.74 Å². The molecule has 0 aliphatic rings. The Morgan fingerprint density at radius 2 is 2.07 bits per heavy atom. The van der Waals surface area contributed by atoms with Gasteiger partial charge in [-0.1, -0.05) is 17.3 Å². The Morgan fingerprint density at radius 1 is 1.21 bits per heavy atom. The Labute approximate surface area is 166 Å². The second-order valence-corrected chi connectivity index (χ2v) is 6.26. The second-order valence-electron chi connectivity index (χ2n) is 6.26. The van der Waals surface area contributed by atoms with E-state index in [1.54, 1.807) is 43.5 Å². The van der Waals surface area contributed by atoms with Gasteiger partial charge in [-0.05, 0) is 24.3 Å². The van der Waals surface area contributed by atoms with Crippen LogP contribution >= 0.6 is 0 Å². The van der Waals surface area contributed by atoms with Crippen LogP contribution in [0.5, 0.6) is 5.75 Å². The van der Waals surface area contributed by atoms with E-state index >= 15 is 0 Å². The van der Waals surface area contributed by atoms with E-state index in [1.165, 1.54) is 11.1 Å². The maximum atomic E-state index is 12.8. The van der Waals surface area contributed by atoms with Crippen LogP contribution in [0.25, 0.3) is 17.1 Å². The monoisotopic (exact) mass is 390 g/mol. The van der Waals surface area contributed by atoms with Crippen molar-refractivity contribution in [2.45, 2.75) is 6.54 Å². The summed E-state index contributed by atoms with van der Waals surface area (Å²) < 4.78 is 12.2. The number of rotatable bonds is 6. The third-order valence-electron chi connectivity index (χ3n) is 4.27. The molecule has 0 N–H and O–H groups in total. The van der Waals surface area contributed by atoms with Gasteiger partial charge < -0.3 is 14.2 Å². The fourth-order valence-corrected chi connectivity index (χ4v) is 2.81. The first-order valence-corrected chi connectivity index (χ1v) is 8.82. The average molecular weight is 390 g/mol. The highest BCUT2D eigenvalue weighted by Crippen LogP contribution is 2.22. The Kier molecular flexibility index (Phi) is 5.02. The molecule has 9 nitrogen and oxygen atoms in total. The van der Waals surface area contributed by atoms with Crippen molar-refractivity contribution >= 4 is 5.91 Å². The van der Waals surface area contributed by atoms with Gasteiger partial charge in [0.1, 0.15) is 11.4 Å². The molecule has 9 heteroatoms. The summed E-state index contributed by atoms with van der Waals surface area (Å²) in [5.41, 5.74) is 1.93. The molecule has 0 aliphatic heterocycles. The van der Waals surface area contributed by atoms with E-state index in [0.717, 1.165) is 11.3 Å². The van der Waals surface area contributed by atoms with Gasteiger partial charge in [0, 0.05) is 31.2 Å². The summed E-state index contributed by atoms with van der Waals surface area (Å²) in [6, 6.07) is 11.1. The van der Waals surface area contributed by atoms with Crippen molar-refractivity contribution in [2.24, 2.45) is 0 Å². The van der Waals surface area contributed by atoms with Gasteiger partial charge in [0.25, 0.3) is 5.91 Å². The van der Waals surface area contributed by atoms with Crippen LogP contribution in [-0.2, 0) is 6.54 Å². The van der Waals surface area contributed by atoms with E-state index in [0.29, 0.717) is 23.0 Å². The van der Waals surface area contributed by atoms with Crippen LogP contribution in [0.3, 0.4) is 0 Å². The van der Waals surface area contributed by atoms with E-state index in [-0.39, 0.29) is 12.5 Å². The van der Waals surface area contributed by atoms with Crippen molar-refractivity contribution in [1.82, 2.24) is 29.8 Å². The Balaban J connectivity index is 1.48. The Bertz CT molecular complexity index is 1120. The van der Waals surface area contributed by atoms with Crippen molar-refractivity contribution in [3.63, 3.8) is 0 Å². The molecule has 0 unspecified atom stereocenters. The number of pyridine rings is 1. The highest BCUT2D eigenvalue weighted by atomic mass is 16.5. The highest BCUT2D eigenvalue weighted by Gasteiger charge is 2.18. The molecule has 1 aromatic carbocycles. The summed E-state index contributed by atoms with van der Waals surface area (Å²) in [5, 5.41) is 8.22. The smallest absolute Gasteiger partial charge is 0.257 e. The van der Waals surface area contributed by atoms with Gasteiger partial charge in [0.2, 0.25) is 11.7 Å². The fraction of sp³-hybridized carbons (Fsp3) is 0.150. The normalized spacial score (nSPS) is 10.7. The SMILES string of the molecule is COc1ccccc1-n1cc(C(=O)N(C)Cc2nc(-c3cccnc3)no2)cn1. The Morgan fingerprint density at radius 3 is 2.86 bits per heavy atom. The van der Waals surface area contributed by atoms with E-state index in [1.807, 2.05) is 30.3 Å². The predicted octanol–water partition coefficient (Wildman–Crippen LogP) is 2.60. The number of ether oxygens (including phenoxy) is 1. The molecule has 146 valence electrons. The quantitative estimate of drug-likeness (QED) is 0.499. The predicted molar refractivity (Wildman–Crippen MR) is 103 cm³/mol. The van der Waals surface area contributed by atoms with E-state index in [4.69, 9.17) is 9.26 Å². The lowest BCUT2D eigenvalue weighted by Gasteiger charge is -2.13. The van der Waals surface area contributed by atoms with Gasteiger partial charge >= 0.3 is 0 Å². The average Bonchev–Trinajstić information content (AvgIpc) is 3.44. The zero-order valence-corrected chi connectivity index (χ0v) is 15.9. The number of hydrogen-bond donors (Lipinski definition) is 0. The van der Waals surface area contributed by atoms with Crippen LogP contribution in [0.4, 0.5) is 0 Å². The summed E-state index contributed by atoms with van der Waals surface area (Å²) in [6.07, 6.45) is 6.49. The molecular formula is C20H18N6O3. The minimum atomic E-state index is -0.215. The molecule has 0 bridgehead atoms. The minimum Gasteiger partial charge on any atom is -0.494 e. The van der Waals surface area contributed by atoms with Crippen molar-refractivity contribution in [1.29, 1.82) is 0 Å². The number of nitrogens with zero attached hydrogens (tertiary/aromatic N) is 6. The lowest BCUT2D eigenvalue weighted by Crippen LogP contribution is -2.26. The number of aromatic nitrogens is 5. The van der Waals surface area contributed by atoms with Crippen molar-refractivity contribution < 1.29 is 14.1 Å². The molecular weight excluding hydrogens is 372 g/mol. The first-order valence-electron chi connectivity index (χ1n) is 8.82. The molecule has 0 radical (unpaired) electrons. The molecule has 0 spiro atoms. The Hall–Kier alpha value is -4.01. The second kappa shape index (κ2) is 7.93. The van der Waals surface area contributed by atoms with Crippen LogP contribution in [0.15, 0.2) is 65.7 Å². The molecule has 0 saturated carbocycles. The zero-order chi connectivity index (χ0) is 20.2. The molecule has 3 heterocycles. The molecule has 0 atom stereocenters. The van der Waals surface area contributed by atoms with Crippen molar-refractivity contribution in [3.8, 4) is 22.8 Å². The van der Waals surface area contributed by atoms with Crippen LogP contribution in [0.1, 0.15) is 16.2 Å².